The summed E-state index contributed by atoms with van der Waals surface area (Å²) < 4.78 is 6.10. The highest BCUT2D eigenvalue weighted by Gasteiger charge is 2.11. The van der Waals surface area contributed by atoms with Crippen LogP contribution in [0.5, 0.6) is 6.01 Å². The first-order chi connectivity index (χ1) is 9.12. The lowest BCUT2D eigenvalue weighted by atomic mass is 10.3. The van der Waals surface area contributed by atoms with Gasteiger partial charge >= 0.3 is 6.01 Å². The van der Waals surface area contributed by atoms with Crippen LogP contribution < -0.4 is 20.9 Å². The molecule has 0 unspecified atom stereocenters. The maximum absolute atomic E-state index is 5.32. The van der Waals surface area contributed by atoms with Crippen molar-refractivity contribution < 1.29 is 4.74 Å². The number of hydrogen-bond donors (Lipinski definition) is 2. The number of anilines is 2. The highest BCUT2D eigenvalue weighted by molar-refractivity contribution is 9.11. The van der Waals surface area contributed by atoms with Crippen LogP contribution in [0.15, 0.2) is 15.2 Å². The van der Waals surface area contributed by atoms with Gasteiger partial charge in [0, 0.05) is 13.6 Å². The summed E-state index contributed by atoms with van der Waals surface area (Å²) in [6.45, 7) is 0.680. The Balaban J connectivity index is 2.20. The van der Waals surface area contributed by atoms with Gasteiger partial charge < -0.3 is 9.64 Å². The van der Waals surface area contributed by atoms with Crippen molar-refractivity contribution in [2.45, 2.75) is 6.54 Å². The van der Waals surface area contributed by atoms with Crippen LogP contribution in [-0.2, 0) is 6.54 Å². The third-order valence-corrected chi connectivity index (χ3v) is 3.85. The largest absolute Gasteiger partial charge is 0.467 e. The summed E-state index contributed by atoms with van der Waals surface area (Å²) in [5, 5.41) is 2.07. The van der Waals surface area contributed by atoms with E-state index in [0.29, 0.717) is 12.5 Å². The molecule has 0 amide bonds. The van der Waals surface area contributed by atoms with E-state index in [0.717, 1.165) is 3.79 Å². The number of hydrogen-bond acceptors (Lipinski definition) is 8. The smallest absolute Gasteiger partial charge is 0.322 e. The van der Waals surface area contributed by atoms with Gasteiger partial charge in [0.2, 0.25) is 11.9 Å². The molecule has 0 spiro atoms. The van der Waals surface area contributed by atoms with Crippen molar-refractivity contribution in [3.05, 3.63) is 20.8 Å². The van der Waals surface area contributed by atoms with E-state index in [1.807, 2.05) is 11.9 Å². The summed E-state index contributed by atoms with van der Waals surface area (Å²) in [6, 6.07) is 2.28. The number of rotatable bonds is 5. The first kappa shape index (κ1) is 14.0. The zero-order valence-corrected chi connectivity index (χ0v) is 12.8. The zero-order valence-electron chi connectivity index (χ0n) is 10.4. The van der Waals surface area contributed by atoms with Crippen molar-refractivity contribution in [2.75, 3.05) is 24.5 Å². The van der Waals surface area contributed by atoms with E-state index in [-0.39, 0.29) is 12.0 Å². The van der Waals surface area contributed by atoms with Gasteiger partial charge in [0.1, 0.15) is 0 Å². The predicted molar refractivity (Wildman–Crippen MR) is 78.3 cm³/mol. The highest BCUT2D eigenvalue weighted by Crippen LogP contribution is 2.23. The quantitative estimate of drug-likeness (QED) is 0.629. The van der Waals surface area contributed by atoms with E-state index in [4.69, 9.17) is 10.6 Å². The molecule has 0 aromatic carbocycles. The summed E-state index contributed by atoms with van der Waals surface area (Å²) in [4.78, 5) is 14.2. The van der Waals surface area contributed by atoms with Crippen molar-refractivity contribution in [1.82, 2.24) is 15.0 Å². The lowest BCUT2D eigenvalue weighted by molar-refractivity contribution is 0.379. The maximum Gasteiger partial charge on any atom is 0.322 e. The fraction of sp³-hybridized carbons (Fsp3) is 0.300. The number of methoxy groups -OCH3 is 1. The van der Waals surface area contributed by atoms with Crippen LogP contribution in [0.2, 0.25) is 0 Å². The third-order valence-electron chi connectivity index (χ3n) is 2.30. The number of nitrogens with two attached hydrogens (primary N) is 1. The van der Waals surface area contributed by atoms with Crippen molar-refractivity contribution in [3.8, 4) is 6.01 Å². The summed E-state index contributed by atoms with van der Waals surface area (Å²) in [7, 11) is 3.38. The molecule has 0 aliphatic heterocycles. The topological polar surface area (TPSA) is 89.2 Å². The number of nitrogens with one attached hydrogen (secondary N) is 1. The summed E-state index contributed by atoms with van der Waals surface area (Å²) in [5.74, 6) is 6.07. The molecule has 102 valence electrons. The molecule has 0 radical (unpaired) electrons. The monoisotopic (exact) mass is 344 g/mol. The highest BCUT2D eigenvalue weighted by atomic mass is 79.9. The van der Waals surface area contributed by atoms with Gasteiger partial charge in [0.15, 0.2) is 0 Å². The molecule has 7 nitrogen and oxygen atoms in total. The number of halogens is 1. The van der Waals surface area contributed by atoms with Crippen molar-refractivity contribution >= 4 is 39.2 Å². The van der Waals surface area contributed by atoms with Crippen LogP contribution in [0.3, 0.4) is 0 Å². The van der Waals surface area contributed by atoms with Gasteiger partial charge in [-0.05, 0) is 32.9 Å². The minimum atomic E-state index is 0.219. The second kappa shape index (κ2) is 6.13. The van der Waals surface area contributed by atoms with Crippen LogP contribution in [0.1, 0.15) is 5.56 Å². The molecule has 0 aliphatic rings. The summed E-state index contributed by atoms with van der Waals surface area (Å²) >= 11 is 5.07. The van der Waals surface area contributed by atoms with E-state index in [9.17, 15) is 0 Å². The minimum absolute atomic E-state index is 0.219. The molecule has 0 aliphatic carbocycles. The maximum atomic E-state index is 5.32. The molecule has 2 rings (SSSR count). The van der Waals surface area contributed by atoms with Gasteiger partial charge in [-0.3, -0.25) is 5.43 Å². The van der Waals surface area contributed by atoms with Crippen LogP contribution in [-0.4, -0.2) is 29.1 Å². The predicted octanol–water partition coefficient (Wildman–Crippen LogP) is 1.63. The Kier molecular flexibility index (Phi) is 4.51. The van der Waals surface area contributed by atoms with E-state index >= 15 is 0 Å². The summed E-state index contributed by atoms with van der Waals surface area (Å²) in [5.41, 5.74) is 3.56. The first-order valence-electron chi connectivity index (χ1n) is 5.33. The first-order valence-corrected chi connectivity index (χ1v) is 7.00. The molecule has 3 N–H and O–H groups in total. The van der Waals surface area contributed by atoms with E-state index in [2.05, 4.69) is 47.8 Å². The van der Waals surface area contributed by atoms with E-state index in [1.165, 1.54) is 12.7 Å². The number of aromatic nitrogens is 3. The molecule has 0 fully saturated rings. The number of thiophene rings is 1. The molecule has 0 bridgehead atoms. The van der Waals surface area contributed by atoms with Crippen LogP contribution >= 0.6 is 27.3 Å². The zero-order chi connectivity index (χ0) is 13.8. The summed E-state index contributed by atoms with van der Waals surface area (Å²) in [6.07, 6.45) is 0. The standard InChI is InChI=1S/C10H13BrN6OS/c1-17(4-6-3-7(11)19-5-6)9-13-8(16-12)14-10(15-9)18-2/h3,5H,4,12H2,1-2H3,(H,13,14,15,16). The number of nitrogen functional groups attached to an aromatic ring is 1. The number of ether oxygens (including phenoxy) is 1. The molecule has 0 saturated carbocycles. The second-order valence-electron chi connectivity index (χ2n) is 3.71. The van der Waals surface area contributed by atoms with Crippen LogP contribution in [0.25, 0.3) is 0 Å². The van der Waals surface area contributed by atoms with Crippen LogP contribution in [0, 0.1) is 0 Å². The molecule has 19 heavy (non-hydrogen) atoms. The van der Waals surface area contributed by atoms with Crippen LogP contribution in [0.4, 0.5) is 11.9 Å². The molecular formula is C10H13BrN6OS. The van der Waals surface area contributed by atoms with Gasteiger partial charge in [-0.25, -0.2) is 5.84 Å². The average Bonchev–Trinajstić information content (AvgIpc) is 2.83. The fourth-order valence-electron chi connectivity index (χ4n) is 1.45. The molecular weight excluding hydrogens is 332 g/mol. The molecule has 2 aromatic rings. The molecule has 9 heteroatoms. The Morgan fingerprint density at radius 3 is 2.84 bits per heavy atom. The number of hydrazine groups is 1. The Morgan fingerprint density at radius 1 is 1.47 bits per heavy atom. The van der Waals surface area contributed by atoms with Gasteiger partial charge in [-0.2, -0.15) is 15.0 Å². The van der Waals surface area contributed by atoms with Crippen molar-refractivity contribution in [3.63, 3.8) is 0 Å². The third kappa shape index (κ3) is 3.52. The lowest BCUT2D eigenvalue weighted by Crippen LogP contribution is -2.21. The SMILES string of the molecule is COc1nc(NN)nc(N(C)Cc2csc(Br)c2)n1. The van der Waals surface area contributed by atoms with Crippen molar-refractivity contribution in [1.29, 1.82) is 0 Å². The Labute approximate surface area is 122 Å². The minimum Gasteiger partial charge on any atom is -0.467 e. The van der Waals surface area contributed by atoms with E-state index < -0.39 is 0 Å². The second-order valence-corrected chi connectivity index (χ2v) is 6.00. The molecule has 2 aromatic heterocycles. The molecule has 2 heterocycles. The average molecular weight is 345 g/mol. The molecule has 0 atom stereocenters. The molecule has 0 saturated heterocycles. The van der Waals surface area contributed by atoms with Gasteiger partial charge in [0.05, 0.1) is 10.9 Å². The van der Waals surface area contributed by atoms with Gasteiger partial charge in [-0.1, -0.05) is 0 Å². The lowest BCUT2D eigenvalue weighted by Gasteiger charge is -2.17. The normalized spacial score (nSPS) is 10.3. The Bertz CT molecular complexity index is 540. The van der Waals surface area contributed by atoms with Gasteiger partial charge in [-0.15, -0.1) is 11.3 Å². The van der Waals surface area contributed by atoms with Gasteiger partial charge in [0.25, 0.3) is 0 Å². The Hall–Kier alpha value is -1.45. The number of nitrogens with zero attached hydrogens (tertiary/aromatic N) is 4. The van der Waals surface area contributed by atoms with E-state index in [1.54, 1.807) is 11.3 Å². The van der Waals surface area contributed by atoms with Crippen molar-refractivity contribution in [2.24, 2.45) is 5.84 Å². The fourth-order valence-corrected chi connectivity index (χ4v) is 2.65. The Morgan fingerprint density at radius 2 is 2.26 bits per heavy atom.